The molecule has 0 aliphatic carbocycles. The SMILES string of the molecule is Cc1cccc2c1C(=O)C=N2. The normalized spacial score (nSPS) is 13.7. The van der Waals surface area contributed by atoms with E-state index in [1.807, 2.05) is 25.1 Å². The van der Waals surface area contributed by atoms with Gasteiger partial charge in [-0.1, -0.05) is 12.1 Å². The maximum Gasteiger partial charge on any atom is 0.206 e. The molecule has 1 aliphatic rings. The highest BCUT2D eigenvalue weighted by molar-refractivity contribution is 6.40. The smallest absolute Gasteiger partial charge is 0.206 e. The molecule has 0 fully saturated rings. The van der Waals surface area contributed by atoms with Crippen molar-refractivity contribution in [2.75, 3.05) is 0 Å². The molecule has 11 heavy (non-hydrogen) atoms. The van der Waals surface area contributed by atoms with Crippen molar-refractivity contribution in [2.45, 2.75) is 6.92 Å². The molecule has 1 aliphatic heterocycles. The summed E-state index contributed by atoms with van der Waals surface area (Å²) in [6.07, 6.45) is 1.37. The minimum Gasteiger partial charge on any atom is -0.287 e. The first-order valence-electron chi connectivity index (χ1n) is 3.47. The van der Waals surface area contributed by atoms with Gasteiger partial charge in [0.15, 0.2) is 0 Å². The molecule has 0 amide bonds. The van der Waals surface area contributed by atoms with Gasteiger partial charge in [-0.3, -0.25) is 9.79 Å². The number of carbonyl (C=O) groups excluding carboxylic acids is 1. The number of carbonyl (C=O) groups is 1. The lowest BCUT2D eigenvalue weighted by atomic mass is 10.1. The average molecular weight is 145 g/mol. The van der Waals surface area contributed by atoms with Crippen LogP contribution in [0.1, 0.15) is 15.9 Å². The Labute approximate surface area is 64.6 Å². The molecule has 54 valence electrons. The Bertz CT molecular complexity index is 353. The van der Waals surface area contributed by atoms with Crippen molar-refractivity contribution in [2.24, 2.45) is 4.99 Å². The first-order valence-corrected chi connectivity index (χ1v) is 3.47. The van der Waals surface area contributed by atoms with Crippen molar-refractivity contribution in [1.29, 1.82) is 0 Å². The molecule has 0 unspecified atom stereocenters. The zero-order valence-corrected chi connectivity index (χ0v) is 6.16. The van der Waals surface area contributed by atoms with Crippen molar-refractivity contribution >= 4 is 17.7 Å². The van der Waals surface area contributed by atoms with Crippen LogP contribution in [0, 0.1) is 6.92 Å². The topological polar surface area (TPSA) is 29.4 Å². The third-order valence-electron chi connectivity index (χ3n) is 1.82. The molecule has 0 N–H and O–H groups in total. The molecule has 0 bridgehead atoms. The fourth-order valence-corrected chi connectivity index (χ4v) is 1.27. The average Bonchev–Trinajstić information content (AvgIpc) is 2.34. The fraction of sp³-hybridized carbons (Fsp3) is 0.111. The van der Waals surface area contributed by atoms with Crippen LogP contribution < -0.4 is 0 Å². The first-order chi connectivity index (χ1) is 5.29. The summed E-state index contributed by atoms with van der Waals surface area (Å²) in [6.45, 7) is 1.92. The van der Waals surface area contributed by atoms with Gasteiger partial charge in [0.1, 0.15) is 0 Å². The number of rotatable bonds is 0. The number of Topliss-reactive ketones (excluding diaryl/α,β-unsaturated/α-hetero) is 1. The molecule has 2 nitrogen and oxygen atoms in total. The molecular weight excluding hydrogens is 138 g/mol. The lowest BCUT2D eigenvalue weighted by Crippen LogP contribution is -1.96. The molecule has 1 aromatic carbocycles. The Balaban J connectivity index is 2.74. The van der Waals surface area contributed by atoms with Crippen LogP contribution in [-0.4, -0.2) is 12.0 Å². The van der Waals surface area contributed by atoms with Crippen molar-refractivity contribution in [1.82, 2.24) is 0 Å². The molecule has 2 heteroatoms. The number of hydrogen-bond acceptors (Lipinski definition) is 2. The zero-order chi connectivity index (χ0) is 7.84. The minimum absolute atomic E-state index is 0.0260. The number of benzene rings is 1. The Kier molecular flexibility index (Phi) is 1.15. The second-order valence-corrected chi connectivity index (χ2v) is 2.59. The van der Waals surface area contributed by atoms with Crippen molar-refractivity contribution < 1.29 is 4.79 Å². The predicted molar refractivity (Wildman–Crippen MR) is 43.7 cm³/mol. The van der Waals surface area contributed by atoms with E-state index in [1.165, 1.54) is 6.21 Å². The summed E-state index contributed by atoms with van der Waals surface area (Å²) >= 11 is 0. The van der Waals surface area contributed by atoms with E-state index in [-0.39, 0.29) is 5.78 Å². The second kappa shape index (κ2) is 2.02. The number of aryl methyl sites for hydroxylation is 1. The molecule has 2 rings (SSSR count). The Morgan fingerprint density at radius 2 is 2.18 bits per heavy atom. The van der Waals surface area contributed by atoms with Crippen molar-refractivity contribution in [3.63, 3.8) is 0 Å². The largest absolute Gasteiger partial charge is 0.287 e. The van der Waals surface area contributed by atoms with Gasteiger partial charge >= 0.3 is 0 Å². The van der Waals surface area contributed by atoms with Gasteiger partial charge in [0, 0.05) is 0 Å². The van der Waals surface area contributed by atoms with Gasteiger partial charge in [-0.25, -0.2) is 0 Å². The maximum atomic E-state index is 11.1. The number of ketones is 1. The van der Waals surface area contributed by atoms with Crippen LogP contribution in [0.25, 0.3) is 0 Å². The lowest BCUT2D eigenvalue weighted by Gasteiger charge is -1.98. The van der Waals surface area contributed by atoms with Crippen LogP contribution in [-0.2, 0) is 0 Å². The van der Waals surface area contributed by atoms with Gasteiger partial charge in [0.2, 0.25) is 5.78 Å². The van der Waals surface area contributed by atoms with Crippen LogP contribution in [0.5, 0.6) is 0 Å². The van der Waals surface area contributed by atoms with Gasteiger partial charge in [-0.2, -0.15) is 0 Å². The van der Waals surface area contributed by atoms with Gasteiger partial charge in [0.05, 0.1) is 17.5 Å². The Hall–Kier alpha value is -1.44. The molecule has 0 aromatic heterocycles. The van der Waals surface area contributed by atoms with Gasteiger partial charge in [-0.05, 0) is 18.6 Å². The molecule has 1 aromatic rings. The van der Waals surface area contributed by atoms with Crippen LogP contribution in [0.15, 0.2) is 23.2 Å². The number of nitrogens with zero attached hydrogens (tertiary/aromatic N) is 1. The Morgan fingerprint density at radius 3 is 2.91 bits per heavy atom. The highest BCUT2D eigenvalue weighted by Crippen LogP contribution is 2.26. The van der Waals surface area contributed by atoms with Crippen molar-refractivity contribution in [3.8, 4) is 0 Å². The molecule has 0 saturated carbocycles. The summed E-state index contributed by atoms with van der Waals surface area (Å²) in [5.41, 5.74) is 2.56. The van der Waals surface area contributed by atoms with E-state index < -0.39 is 0 Å². The van der Waals surface area contributed by atoms with E-state index in [4.69, 9.17) is 0 Å². The summed E-state index contributed by atoms with van der Waals surface area (Å²) in [5.74, 6) is 0.0260. The van der Waals surface area contributed by atoms with E-state index in [0.29, 0.717) is 0 Å². The van der Waals surface area contributed by atoms with Gasteiger partial charge in [0.25, 0.3) is 0 Å². The van der Waals surface area contributed by atoms with Crippen LogP contribution in [0.4, 0.5) is 5.69 Å². The quantitative estimate of drug-likeness (QED) is 0.548. The summed E-state index contributed by atoms with van der Waals surface area (Å²) < 4.78 is 0. The summed E-state index contributed by atoms with van der Waals surface area (Å²) in [7, 11) is 0. The highest BCUT2D eigenvalue weighted by Gasteiger charge is 2.16. The standard InChI is InChI=1S/C9H7NO/c1-6-3-2-4-7-9(6)8(11)5-10-7/h2-5H,1H3. The minimum atomic E-state index is 0.0260. The lowest BCUT2D eigenvalue weighted by molar-refractivity contribution is 0.107. The van der Waals surface area contributed by atoms with Crippen LogP contribution in [0.3, 0.4) is 0 Å². The van der Waals surface area contributed by atoms with E-state index in [1.54, 1.807) is 0 Å². The van der Waals surface area contributed by atoms with E-state index in [9.17, 15) is 4.79 Å². The van der Waals surface area contributed by atoms with Crippen molar-refractivity contribution in [3.05, 3.63) is 29.3 Å². The summed E-state index contributed by atoms with van der Waals surface area (Å²) in [4.78, 5) is 15.1. The summed E-state index contributed by atoms with van der Waals surface area (Å²) in [6, 6.07) is 5.68. The maximum absolute atomic E-state index is 11.1. The third-order valence-corrected chi connectivity index (χ3v) is 1.82. The zero-order valence-electron chi connectivity index (χ0n) is 6.16. The fourth-order valence-electron chi connectivity index (χ4n) is 1.27. The molecule has 1 heterocycles. The highest BCUT2D eigenvalue weighted by atomic mass is 16.1. The molecule has 0 spiro atoms. The monoisotopic (exact) mass is 145 g/mol. The first kappa shape index (κ1) is 6.28. The summed E-state index contributed by atoms with van der Waals surface area (Å²) in [5, 5.41) is 0. The number of fused-ring (bicyclic) bond motifs is 1. The van der Waals surface area contributed by atoms with Gasteiger partial charge in [-0.15, -0.1) is 0 Å². The van der Waals surface area contributed by atoms with E-state index >= 15 is 0 Å². The number of hydrogen-bond donors (Lipinski definition) is 0. The van der Waals surface area contributed by atoms with E-state index in [0.717, 1.165) is 16.8 Å². The molecular formula is C9H7NO. The Morgan fingerprint density at radius 1 is 1.36 bits per heavy atom. The molecule has 0 saturated heterocycles. The third kappa shape index (κ3) is 0.792. The number of aliphatic imine (C=N–C) groups is 1. The second-order valence-electron chi connectivity index (χ2n) is 2.59. The van der Waals surface area contributed by atoms with Crippen LogP contribution in [0.2, 0.25) is 0 Å². The molecule has 0 atom stereocenters. The van der Waals surface area contributed by atoms with Crippen LogP contribution >= 0.6 is 0 Å². The molecule has 0 radical (unpaired) electrons. The van der Waals surface area contributed by atoms with Gasteiger partial charge < -0.3 is 0 Å². The predicted octanol–water partition coefficient (Wildman–Crippen LogP) is 1.89. The van der Waals surface area contributed by atoms with E-state index in [2.05, 4.69) is 4.99 Å².